The molecule has 0 fully saturated rings. The van der Waals surface area contributed by atoms with Crippen LogP contribution in [0.15, 0.2) is 10.5 Å². The number of hydrogen-bond donors (Lipinski definition) is 0. The normalized spacial score (nSPS) is 11.6. The molecule has 96 valence electrons. The smallest absolute Gasteiger partial charge is 0.0922 e. The minimum atomic E-state index is 0.308. The molecular weight excluding hydrogens is 356 g/mol. The Morgan fingerprint density at radius 3 is 2.28 bits per heavy atom. The van der Waals surface area contributed by atoms with Gasteiger partial charge < -0.3 is 0 Å². The second-order valence-corrected chi connectivity index (χ2v) is 6.45. The zero-order chi connectivity index (χ0) is 13.6. The number of rotatable bonds is 1. The number of hydrogen-bond acceptors (Lipinski definition) is 1. The van der Waals surface area contributed by atoms with Gasteiger partial charge in [0.25, 0.3) is 0 Å². The molecule has 0 spiro atoms. The SMILES string of the molecule is Cc1nc2c(Cl)c(Cl)c(Br)cc2c(Cl)c1C(C)C. The van der Waals surface area contributed by atoms with Gasteiger partial charge in [-0.3, -0.25) is 4.98 Å². The number of fused-ring (bicyclic) bond motifs is 1. The van der Waals surface area contributed by atoms with E-state index in [1.165, 1.54) is 0 Å². The van der Waals surface area contributed by atoms with Crippen molar-refractivity contribution in [3.05, 3.63) is 36.9 Å². The fourth-order valence-electron chi connectivity index (χ4n) is 2.07. The highest BCUT2D eigenvalue weighted by Crippen LogP contribution is 2.41. The summed E-state index contributed by atoms with van der Waals surface area (Å²) >= 11 is 22.2. The van der Waals surface area contributed by atoms with Crippen molar-refractivity contribution >= 4 is 61.6 Å². The number of pyridine rings is 1. The van der Waals surface area contributed by atoms with Gasteiger partial charge in [0, 0.05) is 15.6 Å². The monoisotopic (exact) mass is 365 g/mol. The van der Waals surface area contributed by atoms with Crippen LogP contribution in [0.3, 0.4) is 0 Å². The third-order valence-corrected chi connectivity index (χ3v) is 4.97. The van der Waals surface area contributed by atoms with E-state index in [9.17, 15) is 0 Å². The lowest BCUT2D eigenvalue weighted by Gasteiger charge is -2.15. The second-order valence-electron chi connectivity index (χ2n) is 4.46. The Morgan fingerprint density at radius 1 is 1.11 bits per heavy atom. The van der Waals surface area contributed by atoms with E-state index in [-0.39, 0.29) is 0 Å². The van der Waals surface area contributed by atoms with Gasteiger partial charge in [-0.25, -0.2) is 0 Å². The molecule has 0 aliphatic carbocycles. The molecule has 0 aliphatic heterocycles. The highest BCUT2D eigenvalue weighted by Gasteiger charge is 2.18. The molecular formula is C13H11BrCl3N. The molecule has 0 atom stereocenters. The summed E-state index contributed by atoms with van der Waals surface area (Å²) < 4.78 is 0.726. The van der Waals surface area contributed by atoms with Gasteiger partial charge in [0.05, 0.1) is 20.6 Å². The molecule has 0 saturated heterocycles. The van der Waals surface area contributed by atoms with Crippen LogP contribution in [0, 0.1) is 6.92 Å². The van der Waals surface area contributed by atoms with Crippen LogP contribution in [0.1, 0.15) is 31.0 Å². The minimum absolute atomic E-state index is 0.308. The Balaban J connectivity index is 2.96. The van der Waals surface area contributed by atoms with Crippen LogP contribution < -0.4 is 0 Å². The van der Waals surface area contributed by atoms with Crippen LogP contribution in [0.4, 0.5) is 0 Å². The molecule has 1 nitrogen and oxygen atoms in total. The molecule has 0 bridgehead atoms. The third-order valence-electron chi connectivity index (χ3n) is 2.86. The zero-order valence-electron chi connectivity index (χ0n) is 10.1. The first kappa shape index (κ1) is 14.4. The largest absolute Gasteiger partial charge is 0.251 e. The van der Waals surface area contributed by atoms with Crippen LogP contribution in [0.25, 0.3) is 10.9 Å². The van der Waals surface area contributed by atoms with Gasteiger partial charge in [0.15, 0.2) is 0 Å². The lowest BCUT2D eigenvalue weighted by Crippen LogP contribution is -1.99. The minimum Gasteiger partial charge on any atom is -0.251 e. The molecule has 0 aliphatic rings. The Kier molecular flexibility index (Phi) is 4.13. The Hall–Kier alpha value is -0.0200. The highest BCUT2D eigenvalue weighted by atomic mass is 79.9. The van der Waals surface area contributed by atoms with Crippen LogP contribution in [-0.2, 0) is 0 Å². The van der Waals surface area contributed by atoms with E-state index in [1.807, 2.05) is 13.0 Å². The standard InChI is InChI=1S/C13H11BrCl3N/c1-5(2)9-6(3)18-13-7(10(9)15)4-8(14)11(16)12(13)17/h4-5H,1-3H3. The van der Waals surface area contributed by atoms with E-state index >= 15 is 0 Å². The predicted molar refractivity (Wildman–Crippen MR) is 83.3 cm³/mol. The Bertz CT molecular complexity index is 638. The summed E-state index contributed by atoms with van der Waals surface area (Å²) in [7, 11) is 0. The van der Waals surface area contributed by atoms with E-state index in [4.69, 9.17) is 34.8 Å². The predicted octanol–water partition coefficient (Wildman–Crippen LogP) is 6.39. The highest BCUT2D eigenvalue weighted by molar-refractivity contribution is 9.10. The van der Waals surface area contributed by atoms with Crippen LogP contribution in [-0.4, -0.2) is 4.98 Å². The molecule has 1 aromatic carbocycles. The van der Waals surface area contributed by atoms with Crippen LogP contribution in [0.5, 0.6) is 0 Å². The molecule has 0 N–H and O–H groups in total. The van der Waals surface area contributed by atoms with Crippen molar-refractivity contribution in [2.24, 2.45) is 0 Å². The van der Waals surface area contributed by atoms with Gasteiger partial charge in [-0.1, -0.05) is 48.7 Å². The Morgan fingerprint density at radius 2 is 1.72 bits per heavy atom. The maximum atomic E-state index is 6.48. The van der Waals surface area contributed by atoms with Crippen molar-refractivity contribution in [3.63, 3.8) is 0 Å². The number of aryl methyl sites for hydroxylation is 1. The fourth-order valence-corrected chi connectivity index (χ4v) is 3.50. The number of nitrogens with zero attached hydrogens (tertiary/aromatic N) is 1. The van der Waals surface area contributed by atoms with E-state index in [0.29, 0.717) is 26.5 Å². The maximum Gasteiger partial charge on any atom is 0.0922 e. The quantitative estimate of drug-likeness (QED) is 0.532. The number of aromatic nitrogens is 1. The van der Waals surface area contributed by atoms with Crippen molar-refractivity contribution in [2.75, 3.05) is 0 Å². The molecule has 18 heavy (non-hydrogen) atoms. The molecule has 2 aromatic rings. The van der Waals surface area contributed by atoms with E-state index < -0.39 is 0 Å². The van der Waals surface area contributed by atoms with E-state index in [0.717, 1.165) is 21.1 Å². The van der Waals surface area contributed by atoms with E-state index in [1.54, 1.807) is 0 Å². The van der Waals surface area contributed by atoms with Crippen molar-refractivity contribution in [1.29, 1.82) is 0 Å². The summed E-state index contributed by atoms with van der Waals surface area (Å²) in [5.41, 5.74) is 2.59. The summed E-state index contributed by atoms with van der Waals surface area (Å²) in [6.45, 7) is 6.12. The topological polar surface area (TPSA) is 12.9 Å². The van der Waals surface area contributed by atoms with Gasteiger partial charge in [0.2, 0.25) is 0 Å². The lowest BCUT2D eigenvalue weighted by molar-refractivity contribution is 0.848. The molecule has 1 aromatic heterocycles. The molecule has 0 unspecified atom stereocenters. The van der Waals surface area contributed by atoms with Crippen molar-refractivity contribution in [3.8, 4) is 0 Å². The molecule has 0 radical (unpaired) electrons. The van der Waals surface area contributed by atoms with Crippen molar-refractivity contribution < 1.29 is 0 Å². The summed E-state index contributed by atoms with van der Waals surface area (Å²) in [6.07, 6.45) is 0. The molecule has 0 amide bonds. The number of halogens is 4. The third kappa shape index (κ3) is 2.24. The average Bonchev–Trinajstić information content (AvgIpc) is 2.28. The second kappa shape index (κ2) is 5.16. The molecule has 1 heterocycles. The zero-order valence-corrected chi connectivity index (χ0v) is 14.0. The molecule has 5 heteroatoms. The number of benzene rings is 1. The summed E-state index contributed by atoms with van der Waals surface area (Å²) in [6, 6.07) is 1.87. The first-order valence-corrected chi connectivity index (χ1v) is 7.40. The van der Waals surface area contributed by atoms with Crippen LogP contribution >= 0.6 is 50.7 Å². The van der Waals surface area contributed by atoms with Gasteiger partial charge in [-0.15, -0.1) is 0 Å². The summed E-state index contributed by atoms with van der Waals surface area (Å²) in [5.74, 6) is 0.308. The van der Waals surface area contributed by atoms with Gasteiger partial charge in [0.1, 0.15) is 0 Å². The fraction of sp³-hybridized carbons (Fsp3) is 0.308. The summed E-state index contributed by atoms with van der Waals surface area (Å²) in [4.78, 5) is 4.54. The van der Waals surface area contributed by atoms with Crippen molar-refractivity contribution in [2.45, 2.75) is 26.7 Å². The first-order chi connectivity index (χ1) is 8.34. The van der Waals surface area contributed by atoms with E-state index in [2.05, 4.69) is 34.8 Å². The molecule has 0 saturated carbocycles. The van der Waals surface area contributed by atoms with Gasteiger partial charge >= 0.3 is 0 Å². The van der Waals surface area contributed by atoms with Crippen molar-refractivity contribution in [1.82, 2.24) is 4.98 Å². The Labute approximate surface area is 130 Å². The molecule has 2 rings (SSSR count). The van der Waals surface area contributed by atoms with Crippen LogP contribution in [0.2, 0.25) is 15.1 Å². The van der Waals surface area contributed by atoms with Gasteiger partial charge in [-0.05, 0) is 40.4 Å². The summed E-state index contributed by atoms with van der Waals surface area (Å²) in [5, 5.41) is 2.42. The maximum absolute atomic E-state index is 6.48. The average molecular weight is 368 g/mol. The lowest BCUT2D eigenvalue weighted by atomic mass is 9.99. The van der Waals surface area contributed by atoms with Gasteiger partial charge in [-0.2, -0.15) is 0 Å². The first-order valence-electron chi connectivity index (χ1n) is 5.47.